The van der Waals surface area contributed by atoms with E-state index >= 15 is 0 Å². The Morgan fingerprint density at radius 2 is 1.19 bits per heavy atom. The monoisotopic (exact) mass is 424 g/mol. The highest BCUT2D eigenvalue weighted by atomic mass is 32.1. The van der Waals surface area contributed by atoms with Crippen molar-refractivity contribution in [3.05, 3.63) is 58.3 Å². The van der Waals surface area contributed by atoms with E-state index in [1.54, 1.807) is 11.3 Å². The average molecular weight is 425 g/mol. The molecule has 0 radical (unpaired) electrons. The third-order valence-corrected chi connectivity index (χ3v) is 9.30. The molecule has 4 aromatic heterocycles. The van der Waals surface area contributed by atoms with Crippen LogP contribution in [0.4, 0.5) is 0 Å². The first-order valence-corrected chi connectivity index (χ1v) is 12.4. The summed E-state index contributed by atoms with van der Waals surface area (Å²) in [5.41, 5.74) is 0. The van der Waals surface area contributed by atoms with E-state index in [1.165, 1.54) is 59.8 Å². The van der Waals surface area contributed by atoms with E-state index in [0.29, 0.717) is 0 Å². The van der Waals surface area contributed by atoms with Crippen LogP contribution in [0.2, 0.25) is 0 Å². The minimum absolute atomic E-state index is 0.991. The summed E-state index contributed by atoms with van der Waals surface area (Å²) in [7, 11) is 0. The number of hydrogen-bond acceptors (Lipinski definition) is 4. The zero-order valence-electron chi connectivity index (χ0n) is 15.2. The third kappa shape index (κ3) is 4.28. The smallest absolute Gasteiger partial charge is 0.0772 e. The first kappa shape index (κ1) is 18.7. The lowest BCUT2D eigenvalue weighted by Gasteiger charge is -1.95. The Balaban J connectivity index is 1.50. The van der Waals surface area contributed by atoms with Gasteiger partial charge in [0.25, 0.3) is 0 Å². The van der Waals surface area contributed by atoms with Gasteiger partial charge in [0, 0.05) is 34.1 Å². The number of terminal acetylenes is 1. The Morgan fingerprint density at radius 3 is 1.74 bits per heavy atom. The van der Waals surface area contributed by atoms with E-state index in [2.05, 4.69) is 55.3 Å². The van der Waals surface area contributed by atoms with Crippen molar-refractivity contribution in [2.24, 2.45) is 0 Å². The summed E-state index contributed by atoms with van der Waals surface area (Å²) < 4.78 is 0. The van der Waals surface area contributed by atoms with Gasteiger partial charge < -0.3 is 0 Å². The quantitative estimate of drug-likeness (QED) is 0.206. The van der Waals surface area contributed by atoms with Gasteiger partial charge in [-0.05, 0) is 61.4 Å². The second-order valence-corrected chi connectivity index (χ2v) is 10.8. The summed E-state index contributed by atoms with van der Waals surface area (Å²) in [6.07, 6.45) is 10.6. The van der Waals surface area contributed by atoms with Crippen LogP contribution in [0.1, 0.15) is 35.9 Å². The zero-order valence-corrected chi connectivity index (χ0v) is 18.4. The Hall–Kier alpha value is -1.64. The van der Waals surface area contributed by atoms with Crippen molar-refractivity contribution >= 4 is 45.3 Å². The molecule has 0 aliphatic rings. The summed E-state index contributed by atoms with van der Waals surface area (Å²) in [4.78, 5) is 10.5. The highest BCUT2D eigenvalue weighted by molar-refractivity contribution is 7.28. The fourth-order valence-corrected chi connectivity index (χ4v) is 7.10. The van der Waals surface area contributed by atoms with Crippen LogP contribution < -0.4 is 0 Å². The summed E-state index contributed by atoms with van der Waals surface area (Å²) in [5, 5.41) is 0. The van der Waals surface area contributed by atoms with Gasteiger partial charge in [0.1, 0.15) is 0 Å². The van der Waals surface area contributed by atoms with Crippen LogP contribution in [0.3, 0.4) is 0 Å². The summed E-state index contributed by atoms with van der Waals surface area (Å²) in [5.74, 6) is 2.72. The fraction of sp³-hybridized carbons (Fsp3) is 0.217. The molecule has 0 saturated heterocycles. The molecule has 0 N–H and O–H groups in total. The van der Waals surface area contributed by atoms with E-state index in [4.69, 9.17) is 6.42 Å². The first-order valence-electron chi connectivity index (χ1n) is 9.13. The molecule has 27 heavy (non-hydrogen) atoms. The van der Waals surface area contributed by atoms with Crippen LogP contribution in [0.25, 0.3) is 29.3 Å². The Morgan fingerprint density at radius 1 is 0.667 bits per heavy atom. The van der Waals surface area contributed by atoms with Gasteiger partial charge in [-0.1, -0.05) is 25.7 Å². The second kappa shape index (κ2) is 8.58. The number of aryl methyl sites for hydroxylation is 1. The molecular formula is C23H20S4. The van der Waals surface area contributed by atoms with Crippen molar-refractivity contribution in [2.45, 2.75) is 32.6 Å². The normalized spacial score (nSPS) is 11.0. The number of unbranched alkanes of at least 4 members (excludes halogenated alkanes) is 2. The lowest BCUT2D eigenvalue weighted by molar-refractivity contribution is 0.722. The van der Waals surface area contributed by atoms with Gasteiger partial charge in [-0.2, -0.15) is 0 Å². The van der Waals surface area contributed by atoms with Gasteiger partial charge in [0.2, 0.25) is 0 Å². The predicted octanol–water partition coefficient (Wildman–Crippen LogP) is 8.65. The van der Waals surface area contributed by atoms with Gasteiger partial charge in [0.05, 0.1) is 4.88 Å². The van der Waals surface area contributed by atoms with Crippen molar-refractivity contribution < 1.29 is 0 Å². The molecule has 4 aromatic rings. The van der Waals surface area contributed by atoms with Crippen LogP contribution in [-0.4, -0.2) is 0 Å². The van der Waals surface area contributed by atoms with Crippen molar-refractivity contribution in [1.29, 1.82) is 0 Å². The maximum absolute atomic E-state index is 5.50. The lowest BCUT2D eigenvalue weighted by Crippen LogP contribution is -1.78. The van der Waals surface area contributed by atoms with Crippen LogP contribution >= 0.6 is 45.3 Å². The Labute approximate surface area is 177 Å². The molecule has 0 saturated carbocycles. The molecule has 4 heteroatoms. The molecule has 0 amide bonds. The topological polar surface area (TPSA) is 0 Å². The molecule has 0 spiro atoms. The van der Waals surface area contributed by atoms with Crippen LogP contribution in [0.5, 0.6) is 0 Å². The number of thiophene rings is 4. The summed E-state index contributed by atoms with van der Waals surface area (Å²) in [6.45, 7) is 2.26. The van der Waals surface area contributed by atoms with Gasteiger partial charge in [-0.15, -0.1) is 51.8 Å². The van der Waals surface area contributed by atoms with Gasteiger partial charge in [-0.3, -0.25) is 0 Å². The zero-order chi connectivity index (χ0) is 18.6. The predicted molar refractivity (Wildman–Crippen MR) is 125 cm³/mol. The molecule has 4 rings (SSSR count). The van der Waals surface area contributed by atoms with E-state index in [0.717, 1.165) is 4.88 Å². The molecule has 0 aromatic carbocycles. The van der Waals surface area contributed by atoms with E-state index in [-0.39, 0.29) is 0 Å². The molecule has 0 unspecified atom stereocenters. The third-order valence-electron chi connectivity index (χ3n) is 4.38. The van der Waals surface area contributed by atoms with Crippen molar-refractivity contribution in [2.75, 3.05) is 0 Å². The molecule has 0 fully saturated rings. The standard InChI is InChI=1S/C23H20S4/c1-3-5-6-7-17-9-11-19(25-17)21-13-15-23(27-21)22-14-12-20(26-22)18-10-8-16(4-2)24-18/h2,8-15H,3,5-7H2,1H3. The summed E-state index contributed by atoms with van der Waals surface area (Å²) in [6, 6.07) is 17.7. The average Bonchev–Trinajstić information content (AvgIpc) is 3.47. The van der Waals surface area contributed by atoms with Gasteiger partial charge >= 0.3 is 0 Å². The van der Waals surface area contributed by atoms with Crippen LogP contribution in [0.15, 0.2) is 48.5 Å². The van der Waals surface area contributed by atoms with Gasteiger partial charge in [0.15, 0.2) is 0 Å². The number of rotatable bonds is 7. The minimum Gasteiger partial charge on any atom is -0.139 e. The molecule has 0 bridgehead atoms. The Bertz CT molecular complexity index is 1060. The molecule has 0 aliphatic heterocycles. The molecular weight excluding hydrogens is 405 g/mol. The van der Waals surface area contributed by atoms with E-state index < -0.39 is 0 Å². The van der Waals surface area contributed by atoms with Crippen molar-refractivity contribution in [1.82, 2.24) is 0 Å². The molecule has 136 valence electrons. The van der Waals surface area contributed by atoms with E-state index in [1.807, 2.05) is 40.1 Å². The minimum atomic E-state index is 0.991. The Kier molecular flexibility index (Phi) is 5.95. The highest BCUT2D eigenvalue weighted by Gasteiger charge is 2.11. The van der Waals surface area contributed by atoms with E-state index in [9.17, 15) is 0 Å². The van der Waals surface area contributed by atoms with Crippen molar-refractivity contribution in [3.63, 3.8) is 0 Å². The molecule has 0 aliphatic carbocycles. The maximum Gasteiger partial charge on any atom is 0.0772 e. The van der Waals surface area contributed by atoms with Crippen LogP contribution in [0, 0.1) is 12.3 Å². The SMILES string of the molecule is C#Cc1ccc(-c2ccc(-c3ccc(-c4ccc(CCCCC)s4)s3)s2)s1. The summed E-state index contributed by atoms with van der Waals surface area (Å²) >= 11 is 7.37. The maximum atomic E-state index is 5.50. The largest absolute Gasteiger partial charge is 0.139 e. The lowest BCUT2D eigenvalue weighted by atomic mass is 10.2. The molecule has 0 atom stereocenters. The van der Waals surface area contributed by atoms with Gasteiger partial charge in [-0.25, -0.2) is 0 Å². The molecule has 0 nitrogen and oxygen atoms in total. The van der Waals surface area contributed by atoms with Crippen molar-refractivity contribution in [3.8, 4) is 41.6 Å². The van der Waals surface area contributed by atoms with Crippen LogP contribution in [-0.2, 0) is 6.42 Å². The first-order chi connectivity index (χ1) is 13.3. The fourth-order valence-electron chi connectivity index (χ4n) is 2.95. The second-order valence-electron chi connectivity index (χ2n) is 6.36. The number of hydrogen-bond donors (Lipinski definition) is 0. The molecule has 4 heterocycles. The highest BCUT2D eigenvalue weighted by Crippen LogP contribution is 2.42.